The maximum atomic E-state index is 12.5. The Bertz CT molecular complexity index is 273. The van der Waals surface area contributed by atoms with Gasteiger partial charge >= 0.3 is 0 Å². The molecule has 1 rings (SSSR count). The topological polar surface area (TPSA) is 29.5 Å². The van der Waals surface area contributed by atoms with Crippen LogP contribution in [0.5, 0.6) is 11.5 Å². The number of benzene rings is 1. The van der Waals surface area contributed by atoms with Crippen molar-refractivity contribution in [2.24, 2.45) is 0 Å². The van der Waals surface area contributed by atoms with Crippen molar-refractivity contribution in [1.29, 1.82) is 0 Å². The van der Waals surface area contributed by atoms with E-state index >= 15 is 0 Å². The molecule has 0 unspecified atom stereocenters. The minimum Gasteiger partial charge on any atom is -0.505 e. The predicted molar refractivity (Wildman–Crippen MR) is 33.4 cm³/mol. The summed E-state index contributed by atoms with van der Waals surface area (Å²) in [6, 6.07) is 2.50. The maximum Gasteiger partial charge on any atom is 0.176 e. The zero-order chi connectivity index (χ0) is 8.43. The Labute approximate surface area is 62.0 Å². The highest BCUT2D eigenvalue weighted by atomic mass is 19.1. The number of phenols is 1. The highest BCUT2D eigenvalue weighted by Crippen LogP contribution is 2.24. The Kier molecular flexibility index (Phi) is 1.94. The summed E-state index contributed by atoms with van der Waals surface area (Å²) in [6.07, 6.45) is 0. The van der Waals surface area contributed by atoms with Gasteiger partial charge in [0, 0.05) is 6.07 Å². The van der Waals surface area contributed by atoms with Crippen LogP contribution < -0.4 is 4.74 Å². The quantitative estimate of drug-likeness (QED) is 0.672. The summed E-state index contributed by atoms with van der Waals surface area (Å²) in [5.74, 6) is -2.99. The van der Waals surface area contributed by atoms with E-state index in [2.05, 4.69) is 4.74 Å². The van der Waals surface area contributed by atoms with Gasteiger partial charge in [0.1, 0.15) is 0 Å². The third-order valence-corrected chi connectivity index (χ3v) is 1.15. The Morgan fingerprint density at radius 2 is 2.09 bits per heavy atom. The first-order valence-corrected chi connectivity index (χ1v) is 2.79. The van der Waals surface area contributed by atoms with Crippen molar-refractivity contribution in [2.45, 2.75) is 0 Å². The molecule has 4 heteroatoms. The van der Waals surface area contributed by atoms with Crippen LogP contribution in [0.1, 0.15) is 0 Å². The van der Waals surface area contributed by atoms with E-state index in [4.69, 9.17) is 5.11 Å². The second kappa shape index (κ2) is 2.74. The fourth-order valence-electron chi connectivity index (χ4n) is 0.621. The lowest BCUT2D eigenvalue weighted by Crippen LogP contribution is -1.89. The number of halogens is 2. The zero-order valence-corrected chi connectivity index (χ0v) is 5.69. The summed E-state index contributed by atoms with van der Waals surface area (Å²) in [5, 5.41) is 8.70. The molecule has 1 aromatic carbocycles. The lowest BCUT2D eigenvalue weighted by molar-refractivity contribution is 0.370. The Balaban J connectivity index is 3.21. The minimum absolute atomic E-state index is 0.232. The van der Waals surface area contributed by atoms with Crippen molar-refractivity contribution in [1.82, 2.24) is 0 Å². The van der Waals surface area contributed by atoms with Gasteiger partial charge in [-0.3, -0.25) is 0 Å². The normalized spacial score (nSPS) is 9.73. The van der Waals surface area contributed by atoms with Crippen LogP contribution >= 0.6 is 0 Å². The lowest BCUT2D eigenvalue weighted by Gasteiger charge is -2.01. The van der Waals surface area contributed by atoms with Crippen molar-refractivity contribution in [3.05, 3.63) is 23.8 Å². The summed E-state index contributed by atoms with van der Waals surface area (Å²) in [5.41, 5.74) is 0. The second-order valence-corrected chi connectivity index (χ2v) is 1.85. The minimum atomic E-state index is -1.12. The molecule has 0 spiro atoms. The number of rotatable bonds is 1. The van der Waals surface area contributed by atoms with E-state index in [1.165, 1.54) is 7.11 Å². The molecule has 0 amide bonds. The smallest absolute Gasteiger partial charge is 0.176 e. The average Bonchev–Trinajstić information content (AvgIpc) is 1.97. The van der Waals surface area contributed by atoms with Gasteiger partial charge in [-0.15, -0.1) is 0 Å². The van der Waals surface area contributed by atoms with Crippen LogP contribution in [0, 0.1) is 17.7 Å². The molecule has 1 N–H and O–H groups in total. The maximum absolute atomic E-state index is 12.5. The summed E-state index contributed by atoms with van der Waals surface area (Å²) < 4.78 is 29.2. The van der Waals surface area contributed by atoms with Gasteiger partial charge < -0.3 is 9.84 Å². The summed E-state index contributed by atoms with van der Waals surface area (Å²) >= 11 is 0. The molecule has 0 saturated heterocycles. The molecule has 0 bridgehead atoms. The Morgan fingerprint density at radius 1 is 1.45 bits per heavy atom. The summed E-state index contributed by atoms with van der Waals surface area (Å²) in [7, 11) is 1.21. The van der Waals surface area contributed by atoms with E-state index in [1.807, 2.05) is 0 Å². The van der Waals surface area contributed by atoms with Crippen LogP contribution in [-0.2, 0) is 0 Å². The van der Waals surface area contributed by atoms with Crippen molar-refractivity contribution in [3.63, 3.8) is 0 Å². The number of hydrogen-bond acceptors (Lipinski definition) is 2. The fraction of sp³-hybridized carbons (Fsp3) is 0.143. The molecule has 0 fully saturated rings. The van der Waals surface area contributed by atoms with Crippen molar-refractivity contribution in [3.8, 4) is 11.5 Å². The molecule has 1 radical (unpaired) electrons. The van der Waals surface area contributed by atoms with Gasteiger partial charge in [-0.25, -0.2) is 8.78 Å². The van der Waals surface area contributed by atoms with Crippen molar-refractivity contribution >= 4 is 0 Å². The van der Waals surface area contributed by atoms with Gasteiger partial charge in [0.15, 0.2) is 23.1 Å². The van der Waals surface area contributed by atoms with Crippen LogP contribution in [0.3, 0.4) is 0 Å². The molecule has 59 valence electrons. The van der Waals surface area contributed by atoms with Gasteiger partial charge in [0.2, 0.25) is 0 Å². The van der Waals surface area contributed by atoms with Gasteiger partial charge in [-0.2, -0.15) is 0 Å². The van der Waals surface area contributed by atoms with Gasteiger partial charge in [-0.05, 0) is 0 Å². The molecule has 0 heterocycles. The number of methoxy groups -OCH3 is 1. The summed E-state index contributed by atoms with van der Waals surface area (Å²) in [6.45, 7) is 0. The lowest BCUT2D eigenvalue weighted by atomic mass is 10.3. The van der Waals surface area contributed by atoms with Crippen LogP contribution in [0.15, 0.2) is 6.07 Å². The molecule has 1 aromatic rings. The first kappa shape index (κ1) is 7.78. The number of ether oxygens (including phenoxy) is 1. The zero-order valence-electron chi connectivity index (χ0n) is 5.69. The van der Waals surface area contributed by atoms with Crippen molar-refractivity contribution in [2.75, 3.05) is 7.11 Å². The molecule has 0 saturated carbocycles. The van der Waals surface area contributed by atoms with E-state index in [-0.39, 0.29) is 5.75 Å². The third kappa shape index (κ3) is 1.39. The molecular weight excluding hydrogens is 154 g/mol. The predicted octanol–water partition coefficient (Wildman–Crippen LogP) is 1.48. The monoisotopic (exact) mass is 159 g/mol. The molecule has 0 aromatic heterocycles. The fourth-order valence-corrected chi connectivity index (χ4v) is 0.621. The van der Waals surface area contributed by atoms with E-state index in [0.717, 1.165) is 6.07 Å². The molecule has 11 heavy (non-hydrogen) atoms. The third-order valence-electron chi connectivity index (χ3n) is 1.15. The number of hydrogen-bond donors (Lipinski definition) is 1. The highest BCUT2D eigenvalue weighted by molar-refractivity contribution is 5.33. The largest absolute Gasteiger partial charge is 0.505 e. The van der Waals surface area contributed by atoms with E-state index in [0.29, 0.717) is 0 Å². The van der Waals surface area contributed by atoms with E-state index < -0.39 is 17.4 Å². The summed E-state index contributed by atoms with van der Waals surface area (Å²) in [4.78, 5) is 0. The van der Waals surface area contributed by atoms with Gasteiger partial charge in [0.05, 0.1) is 13.2 Å². The van der Waals surface area contributed by atoms with E-state index in [1.54, 1.807) is 6.07 Å². The molecule has 0 aliphatic rings. The number of aromatic hydroxyl groups is 1. The molecule has 0 atom stereocenters. The molecule has 2 nitrogen and oxygen atoms in total. The Morgan fingerprint density at radius 3 is 2.64 bits per heavy atom. The SMILES string of the molecule is COc1cc(O)c(F)[c]c1F. The van der Waals surface area contributed by atoms with Crippen LogP contribution in [-0.4, -0.2) is 12.2 Å². The molecular formula is C7H5F2O2. The van der Waals surface area contributed by atoms with Crippen LogP contribution in [0.25, 0.3) is 0 Å². The standard InChI is InChI=1S/C7H5F2O2/c1-11-7-3-6(10)4(8)2-5(7)9/h3,10H,1H3. The average molecular weight is 159 g/mol. The first-order chi connectivity index (χ1) is 5.15. The van der Waals surface area contributed by atoms with Gasteiger partial charge in [-0.1, -0.05) is 0 Å². The highest BCUT2D eigenvalue weighted by Gasteiger charge is 2.08. The number of phenolic OH excluding ortho intramolecular Hbond substituents is 1. The molecule has 0 aliphatic carbocycles. The van der Waals surface area contributed by atoms with Crippen molar-refractivity contribution < 1.29 is 18.6 Å². The second-order valence-electron chi connectivity index (χ2n) is 1.85. The molecule has 0 aliphatic heterocycles. The van der Waals surface area contributed by atoms with Crippen LogP contribution in [0.4, 0.5) is 8.78 Å². The first-order valence-electron chi connectivity index (χ1n) is 2.79. The van der Waals surface area contributed by atoms with Gasteiger partial charge in [0.25, 0.3) is 0 Å². The Hall–Kier alpha value is -1.32. The van der Waals surface area contributed by atoms with Crippen LogP contribution in [0.2, 0.25) is 0 Å². The van der Waals surface area contributed by atoms with E-state index in [9.17, 15) is 8.78 Å².